The van der Waals surface area contributed by atoms with E-state index >= 15 is 0 Å². The van der Waals surface area contributed by atoms with E-state index in [-0.39, 0.29) is 19.0 Å². The first-order valence-corrected chi connectivity index (χ1v) is 5.81. The fourth-order valence-corrected chi connectivity index (χ4v) is 2.09. The van der Waals surface area contributed by atoms with Crippen LogP contribution in [0.4, 0.5) is 0 Å². The molecule has 0 unspecified atom stereocenters. The Labute approximate surface area is 95.6 Å². The molecule has 92 valence electrons. The first-order valence-electron chi connectivity index (χ1n) is 5.81. The number of carboxylic acids is 1. The van der Waals surface area contributed by atoms with Crippen LogP contribution in [-0.2, 0) is 9.59 Å². The molecule has 0 spiro atoms. The zero-order valence-electron chi connectivity index (χ0n) is 9.71. The van der Waals surface area contributed by atoms with Crippen molar-refractivity contribution in [3.63, 3.8) is 0 Å². The van der Waals surface area contributed by atoms with Gasteiger partial charge in [-0.3, -0.25) is 9.59 Å². The molecular formula is C11H20N2O3. The van der Waals surface area contributed by atoms with E-state index in [2.05, 4.69) is 10.6 Å². The summed E-state index contributed by atoms with van der Waals surface area (Å²) < 4.78 is 0. The lowest BCUT2D eigenvalue weighted by Crippen LogP contribution is -2.43. The normalized spacial score (nSPS) is 18.3. The van der Waals surface area contributed by atoms with Gasteiger partial charge in [0.2, 0.25) is 5.91 Å². The van der Waals surface area contributed by atoms with Gasteiger partial charge in [0.15, 0.2) is 0 Å². The number of hydrogen-bond acceptors (Lipinski definition) is 3. The predicted octanol–water partition coefficient (Wildman–Crippen LogP) is 0.357. The van der Waals surface area contributed by atoms with Crippen molar-refractivity contribution < 1.29 is 14.7 Å². The Morgan fingerprint density at radius 2 is 1.94 bits per heavy atom. The Balaban J connectivity index is 2.39. The molecule has 16 heavy (non-hydrogen) atoms. The van der Waals surface area contributed by atoms with E-state index in [0.717, 1.165) is 19.4 Å². The molecule has 1 saturated carbocycles. The minimum atomic E-state index is -0.784. The molecule has 0 aromatic heterocycles. The maximum absolute atomic E-state index is 11.4. The maximum Gasteiger partial charge on any atom is 0.311 e. The van der Waals surface area contributed by atoms with Crippen LogP contribution in [0.2, 0.25) is 0 Å². The van der Waals surface area contributed by atoms with Gasteiger partial charge in [0.1, 0.15) is 0 Å². The molecule has 0 saturated heterocycles. The Morgan fingerprint density at radius 3 is 2.44 bits per heavy atom. The summed E-state index contributed by atoms with van der Waals surface area (Å²) in [4.78, 5) is 22.5. The highest BCUT2D eigenvalue weighted by Crippen LogP contribution is 2.37. The minimum Gasteiger partial charge on any atom is -0.481 e. The van der Waals surface area contributed by atoms with Gasteiger partial charge in [-0.15, -0.1) is 0 Å². The second-order valence-electron chi connectivity index (χ2n) is 4.35. The third kappa shape index (κ3) is 3.20. The molecule has 0 heterocycles. The molecule has 3 N–H and O–H groups in total. The molecule has 0 atom stereocenters. The number of carbonyl (C=O) groups excluding carboxylic acids is 1. The summed E-state index contributed by atoms with van der Waals surface area (Å²) in [5, 5.41) is 14.8. The van der Waals surface area contributed by atoms with Gasteiger partial charge in [0.25, 0.3) is 0 Å². The molecule has 1 aliphatic rings. The van der Waals surface area contributed by atoms with Crippen molar-refractivity contribution in [1.29, 1.82) is 0 Å². The third-order valence-corrected chi connectivity index (χ3v) is 3.17. The molecule has 0 aromatic carbocycles. The Morgan fingerprint density at radius 1 is 1.31 bits per heavy atom. The van der Waals surface area contributed by atoms with E-state index in [9.17, 15) is 14.7 Å². The molecular weight excluding hydrogens is 208 g/mol. The van der Waals surface area contributed by atoms with E-state index in [1.54, 1.807) is 0 Å². The van der Waals surface area contributed by atoms with Crippen molar-refractivity contribution >= 4 is 11.9 Å². The van der Waals surface area contributed by atoms with Crippen molar-refractivity contribution in [2.75, 3.05) is 19.6 Å². The number of nitrogens with one attached hydrogen (secondary N) is 2. The largest absolute Gasteiger partial charge is 0.481 e. The predicted molar refractivity (Wildman–Crippen MR) is 60.1 cm³/mol. The topological polar surface area (TPSA) is 78.4 Å². The Hall–Kier alpha value is -1.10. The summed E-state index contributed by atoms with van der Waals surface area (Å²) in [6, 6.07) is 0. The summed E-state index contributed by atoms with van der Waals surface area (Å²) in [6.07, 6.45) is 3.22. The summed E-state index contributed by atoms with van der Waals surface area (Å²) in [5.41, 5.74) is -0.720. The first kappa shape index (κ1) is 13.0. The van der Waals surface area contributed by atoms with Gasteiger partial charge >= 0.3 is 5.97 Å². The summed E-state index contributed by atoms with van der Waals surface area (Å²) in [7, 11) is 0. The zero-order valence-corrected chi connectivity index (χ0v) is 9.71. The molecule has 0 bridgehead atoms. The van der Waals surface area contributed by atoms with E-state index in [0.29, 0.717) is 12.8 Å². The average molecular weight is 228 g/mol. The Bertz CT molecular complexity index is 260. The molecule has 1 amide bonds. The highest BCUT2D eigenvalue weighted by atomic mass is 16.4. The van der Waals surface area contributed by atoms with Crippen molar-refractivity contribution in [2.45, 2.75) is 32.6 Å². The molecule has 0 aliphatic heterocycles. The van der Waals surface area contributed by atoms with Crippen LogP contribution in [0.5, 0.6) is 0 Å². The zero-order chi connectivity index (χ0) is 12.0. The van der Waals surface area contributed by atoms with Gasteiger partial charge in [-0.05, 0) is 19.4 Å². The van der Waals surface area contributed by atoms with Crippen LogP contribution in [0, 0.1) is 5.41 Å². The number of carbonyl (C=O) groups is 2. The minimum absolute atomic E-state index is 0.130. The fourth-order valence-electron chi connectivity index (χ4n) is 2.09. The van der Waals surface area contributed by atoms with E-state index in [4.69, 9.17) is 0 Å². The molecule has 5 heteroatoms. The summed E-state index contributed by atoms with van der Waals surface area (Å²) >= 11 is 0. The molecule has 0 aromatic rings. The number of likely N-dealkylation sites (N-methyl/N-ethyl adjacent to an activating group) is 1. The number of rotatable bonds is 6. The van der Waals surface area contributed by atoms with Crippen LogP contribution in [-0.4, -0.2) is 36.6 Å². The van der Waals surface area contributed by atoms with Crippen molar-refractivity contribution in [3.8, 4) is 0 Å². The second-order valence-corrected chi connectivity index (χ2v) is 4.35. The van der Waals surface area contributed by atoms with Crippen molar-refractivity contribution in [2.24, 2.45) is 5.41 Å². The lowest BCUT2D eigenvalue weighted by Gasteiger charge is -2.23. The van der Waals surface area contributed by atoms with Crippen molar-refractivity contribution in [3.05, 3.63) is 0 Å². The van der Waals surface area contributed by atoms with E-state index in [1.165, 1.54) is 0 Å². The highest BCUT2D eigenvalue weighted by Gasteiger charge is 2.41. The van der Waals surface area contributed by atoms with Crippen LogP contribution >= 0.6 is 0 Å². The molecule has 1 aliphatic carbocycles. The van der Waals surface area contributed by atoms with Crippen molar-refractivity contribution in [1.82, 2.24) is 10.6 Å². The van der Waals surface area contributed by atoms with Crippen LogP contribution < -0.4 is 10.6 Å². The quantitative estimate of drug-likeness (QED) is 0.613. The fraction of sp³-hybridized carbons (Fsp3) is 0.818. The Kier molecular flexibility index (Phi) is 4.73. The number of hydrogen-bond donors (Lipinski definition) is 3. The monoisotopic (exact) mass is 228 g/mol. The van der Waals surface area contributed by atoms with Gasteiger partial charge in [-0.1, -0.05) is 19.8 Å². The van der Waals surface area contributed by atoms with Gasteiger partial charge in [0.05, 0.1) is 12.0 Å². The molecule has 1 rings (SSSR count). The maximum atomic E-state index is 11.4. The number of aliphatic carboxylic acids is 1. The third-order valence-electron chi connectivity index (χ3n) is 3.17. The molecule has 0 radical (unpaired) electrons. The van der Waals surface area contributed by atoms with Crippen LogP contribution in [0.15, 0.2) is 0 Å². The number of carboxylic acid groups (broad SMARTS) is 1. The standard InChI is InChI=1S/C11H20N2O3/c1-2-12-7-9(14)13-8-11(10(15)16)5-3-4-6-11/h12H,2-8H2,1H3,(H,13,14)(H,15,16). The first-order chi connectivity index (χ1) is 7.60. The van der Waals surface area contributed by atoms with E-state index in [1.807, 2.05) is 6.92 Å². The van der Waals surface area contributed by atoms with Gasteiger partial charge in [0, 0.05) is 6.54 Å². The summed E-state index contributed by atoms with van der Waals surface area (Å²) in [6.45, 7) is 3.17. The summed E-state index contributed by atoms with van der Waals surface area (Å²) in [5.74, 6) is -0.914. The molecule has 5 nitrogen and oxygen atoms in total. The second kappa shape index (κ2) is 5.84. The van der Waals surface area contributed by atoms with Crippen LogP contribution in [0.1, 0.15) is 32.6 Å². The number of amides is 1. The van der Waals surface area contributed by atoms with Crippen LogP contribution in [0.3, 0.4) is 0 Å². The smallest absolute Gasteiger partial charge is 0.311 e. The van der Waals surface area contributed by atoms with Gasteiger partial charge in [-0.2, -0.15) is 0 Å². The lowest BCUT2D eigenvalue weighted by molar-refractivity contribution is -0.148. The lowest BCUT2D eigenvalue weighted by atomic mass is 9.86. The van der Waals surface area contributed by atoms with E-state index < -0.39 is 11.4 Å². The van der Waals surface area contributed by atoms with Gasteiger partial charge < -0.3 is 15.7 Å². The SMILES string of the molecule is CCNCC(=O)NCC1(C(=O)O)CCCC1. The highest BCUT2D eigenvalue weighted by molar-refractivity contribution is 5.80. The molecule has 1 fully saturated rings. The van der Waals surface area contributed by atoms with Gasteiger partial charge in [-0.25, -0.2) is 0 Å². The average Bonchev–Trinajstić information content (AvgIpc) is 2.73. The van der Waals surface area contributed by atoms with Crippen LogP contribution in [0.25, 0.3) is 0 Å².